The molecule has 0 aromatic carbocycles. The van der Waals surface area contributed by atoms with E-state index in [1.54, 1.807) is 0 Å². The van der Waals surface area contributed by atoms with Crippen LogP contribution in [-0.2, 0) is 4.79 Å². The first kappa shape index (κ1) is 13.9. The van der Waals surface area contributed by atoms with Gasteiger partial charge >= 0.3 is 0 Å². The van der Waals surface area contributed by atoms with Crippen LogP contribution >= 0.6 is 11.8 Å². The Balaban J connectivity index is 1.49. The van der Waals surface area contributed by atoms with Crippen molar-refractivity contribution in [3.8, 4) is 0 Å². The van der Waals surface area contributed by atoms with Crippen molar-refractivity contribution in [3.63, 3.8) is 0 Å². The molecule has 20 heavy (non-hydrogen) atoms. The largest absolute Gasteiger partial charge is 0.352 e. The number of aromatic amines is 1. The maximum absolute atomic E-state index is 12.2. The van der Waals surface area contributed by atoms with Crippen LogP contribution in [0.25, 0.3) is 0 Å². The molecule has 0 bridgehead atoms. The summed E-state index contributed by atoms with van der Waals surface area (Å²) in [5.41, 5.74) is 0. The van der Waals surface area contributed by atoms with Gasteiger partial charge in [0.2, 0.25) is 11.1 Å². The predicted octanol–water partition coefficient (Wildman–Crippen LogP) is 2.61. The number of carbonyl (C=O) groups excluding carboxylic acids is 1. The van der Waals surface area contributed by atoms with E-state index in [2.05, 4.69) is 20.5 Å². The first-order chi connectivity index (χ1) is 9.72. The lowest BCUT2D eigenvalue weighted by atomic mass is 9.95. The molecule has 2 N–H and O–H groups in total. The maximum Gasteiger partial charge on any atom is 0.233 e. The Morgan fingerprint density at radius 3 is 2.75 bits per heavy atom. The third-order valence-electron chi connectivity index (χ3n) is 4.05. The summed E-state index contributed by atoms with van der Waals surface area (Å²) in [6.07, 6.45) is 8.42. The van der Waals surface area contributed by atoms with Crippen molar-refractivity contribution < 1.29 is 4.79 Å². The quantitative estimate of drug-likeness (QED) is 0.819. The molecule has 2 saturated carbocycles. The highest BCUT2D eigenvalue weighted by atomic mass is 32.2. The molecule has 0 spiro atoms. The molecule has 1 aromatic rings. The summed E-state index contributed by atoms with van der Waals surface area (Å²) in [5, 5.41) is 10.9. The van der Waals surface area contributed by atoms with Crippen LogP contribution in [-0.4, -0.2) is 32.4 Å². The Labute approximate surface area is 123 Å². The van der Waals surface area contributed by atoms with Crippen LogP contribution < -0.4 is 5.32 Å². The lowest BCUT2D eigenvalue weighted by Crippen LogP contribution is -2.40. The first-order valence-electron chi connectivity index (χ1n) is 7.61. The normalized spacial score (nSPS) is 21.6. The molecule has 0 aliphatic heterocycles. The van der Waals surface area contributed by atoms with E-state index in [1.807, 2.05) is 6.92 Å². The Morgan fingerprint density at radius 2 is 2.05 bits per heavy atom. The number of amides is 1. The minimum atomic E-state index is -0.139. The molecule has 1 atom stereocenters. The third kappa shape index (κ3) is 3.53. The topological polar surface area (TPSA) is 70.7 Å². The van der Waals surface area contributed by atoms with Gasteiger partial charge in [0.1, 0.15) is 5.82 Å². The summed E-state index contributed by atoms with van der Waals surface area (Å²) in [5.74, 6) is 1.66. The summed E-state index contributed by atoms with van der Waals surface area (Å²) in [6.45, 7) is 1.93. The molecule has 5 nitrogen and oxygen atoms in total. The minimum Gasteiger partial charge on any atom is -0.352 e. The number of rotatable bonds is 5. The smallest absolute Gasteiger partial charge is 0.233 e. The zero-order valence-electron chi connectivity index (χ0n) is 11.9. The minimum absolute atomic E-state index is 0.111. The van der Waals surface area contributed by atoms with Gasteiger partial charge in [-0.3, -0.25) is 9.89 Å². The number of nitrogens with zero attached hydrogens (tertiary/aromatic N) is 2. The van der Waals surface area contributed by atoms with Crippen molar-refractivity contribution in [2.45, 2.75) is 74.2 Å². The molecule has 1 amide bonds. The van der Waals surface area contributed by atoms with E-state index >= 15 is 0 Å². The Morgan fingerprint density at radius 1 is 1.30 bits per heavy atom. The van der Waals surface area contributed by atoms with Gasteiger partial charge < -0.3 is 5.32 Å². The molecule has 2 aliphatic carbocycles. The summed E-state index contributed by atoms with van der Waals surface area (Å²) >= 11 is 1.44. The van der Waals surface area contributed by atoms with Crippen LogP contribution in [0.4, 0.5) is 0 Å². The van der Waals surface area contributed by atoms with Crippen LogP contribution in [0.1, 0.15) is 63.6 Å². The first-order valence-corrected chi connectivity index (χ1v) is 8.49. The Hall–Kier alpha value is -1.04. The van der Waals surface area contributed by atoms with Crippen molar-refractivity contribution in [2.75, 3.05) is 0 Å². The predicted molar refractivity (Wildman–Crippen MR) is 78.7 cm³/mol. The second kappa shape index (κ2) is 6.16. The van der Waals surface area contributed by atoms with E-state index in [0.29, 0.717) is 17.1 Å². The molecule has 2 fully saturated rings. The van der Waals surface area contributed by atoms with Gasteiger partial charge in [-0.25, -0.2) is 4.98 Å². The molecular formula is C14H22N4OS. The summed E-state index contributed by atoms with van der Waals surface area (Å²) in [7, 11) is 0. The molecule has 110 valence electrons. The summed E-state index contributed by atoms with van der Waals surface area (Å²) in [6, 6.07) is 0.369. The average Bonchev–Trinajstić information content (AvgIpc) is 3.20. The lowest BCUT2D eigenvalue weighted by Gasteiger charge is -2.24. The number of H-pyrrole nitrogens is 1. The van der Waals surface area contributed by atoms with Crippen LogP contribution in [0, 0.1) is 0 Å². The zero-order valence-corrected chi connectivity index (χ0v) is 12.7. The van der Waals surface area contributed by atoms with Gasteiger partial charge in [0.25, 0.3) is 0 Å². The standard InChI is InChI=1S/C14H22N4OS/c1-9(13(19)15-11-5-3-2-4-6-11)20-14-16-12(17-18-14)10-7-8-10/h9-11H,2-8H2,1H3,(H,15,19)(H,16,17,18). The van der Waals surface area contributed by atoms with E-state index in [-0.39, 0.29) is 11.2 Å². The van der Waals surface area contributed by atoms with Crippen molar-refractivity contribution >= 4 is 17.7 Å². The van der Waals surface area contributed by atoms with Gasteiger partial charge in [-0.1, -0.05) is 31.0 Å². The number of hydrogen-bond acceptors (Lipinski definition) is 4. The maximum atomic E-state index is 12.2. The second-order valence-electron chi connectivity index (χ2n) is 5.88. The van der Waals surface area contributed by atoms with Crippen LogP contribution in [0.3, 0.4) is 0 Å². The van der Waals surface area contributed by atoms with Crippen molar-refractivity contribution in [1.82, 2.24) is 20.5 Å². The Bertz CT molecular complexity index is 465. The average molecular weight is 294 g/mol. The fraction of sp³-hybridized carbons (Fsp3) is 0.786. The van der Waals surface area contributed by atoms with Crippen LogP contribution in [0.2, 0.25) is 0 Å². The van der Waals surface area contributed by atoms with E-state index < -0.39 is 0 Å². The SMILES string of the molecule is CC(Sc1n[nH]c(C2CC2)n1)C(=O)NC1CCCCC1. The molecule has 6 heteroatoms. The van der Waals surface area contributed by atoms with Gasteiger partial charge in [0, 0.05) is 12.0 Å². The van der Waals surface area contributed by atoms with Gasteiger partial charge in [0.15, 0.2) is 0 Å². The number of nitrogens with one attached hydrogen (secondary N) is 2. The van der Waals surface area contributed by atoms with Gasteiger partial charge in [-0.05, 0) is 32.6 Å². The third-order valence-corrected chi connectivity index (χ3v) is 5.01. The number of thioether (sulfide) groups is 1. The monoisotopic (exact) mass is 294 g/mol. The Kier molecular flexibility index (Phi) is 4.29. The fourth-order valence-electron chi connectivity index (χ4n) is 2.63. The van der Waals surface area contributed by atoms with Gasteiger partial charge in [-0.15, -0.1) is 5.10 Å². The highest BCUT2D eigenvalue weighted by Crippen LogP contribution is 2.38. The van der Waals surface area contributed by atoms with E-state index in [1.165, 1.54) is 43.9 Å². The number of hydrogen-bond donors (Lipinski definition) is 2. The molecular weight excluding hydrogens is 272 g/mol. The number of carbonyl (C=O) groups is 1. The molecule has 1 heterocycles. The molecule has 1 aromatic heterocycles. The van der Waals surface area contributed by atoms with Gasteiger partial charge in [-0.2, -0.15) is 0 Å². The van der Waals surface area contributed by atoms with Crippen LogP contribution in [0.15, 0.2) is 5.16 Å². The van der Waals surface area contributed by atoms with Crippen molar-refractivity contribution in [3.05, 3.63) is 5.82 Å². The molecule has 1 unspecified atom stereocenters. The van der Waals surface area contributed by atoms with E-state index in [9.17, 15) is 4.79 Å². The summed E-state index contributed by atoms with van der Waals surface area (Å²) in [4.78, 5) is 16.6. The second-order valence-corrected chi connectivity index (χ2v) is 7.19. The lowest BCUT2D eigenvalue weighted by molar-refractivity contribution is -0.121. The molecule has 3 rings (SSSR count). The highest BCUT2D eigenvalue weighted by molar-refractivity contribution is 8.00. The molecule has 0 radical (unpaired) electrons. The van der Waals surface area contributed by atoms with E-state index in [0.717, 1.165) is 18.7 Å². The summed E-state index contributed by atoms with van der Waals surface area (Å²) < 4.78 is 0. The fourth-order valence-corrected chi connectivity index (χ4v) is 3.37. The van der Waals surface area contributed by atoms with Crippen molar-refractivity contribution in [1.29, 1.82) is 0 Å². The van der Waals surface area contributed by atoms with E-state index in [4.69, 9.17) is 0 Å². The van der Waals surface area contributed by atoms with Crippen molar-refractivity contribution in [2.24, 2.45) is 0 Å². The zero-order chi connectivity index (χ0) is 13.9. The molecule has 0 saturated heterocycles. The van der Waals surface area contributed by atoms with Gasteiger partial charge in [0.05, 0.1) is 5.25 Å². The molecule has 2 aliphatic rings. The highest BCUT2D eigenvalue weighted by Gasteiger charge is 2.28. The number of aromatic nitrogens is 3. The van der Waals surface area contributed by atoms with Crippen LogP contribution in [0.5, 0.6) is 0 Å².